The van der Waals surface area contributed by atoms with Gasteiger partial charge in [-0.15, -0.1) is 0 Å². The van der Waals surface area contributed by atoms with Crippen LogP contribution in [0, 0.1) is 0 Å². The minimum Gasteiger partial charge on any atom is -0.465 e. The maximum Gasteiger partial charge on any atom is 0.416 e. The summed E-state index contributed by atoms with van der Waals surface area (Å²) in [7, 11) is 0. The maximum atomic E-state index is 13.1. The molecule has 0 spiro atoms. The summed E-state index contributed by atoms with van der Waals surface area (Å²) in [6.07, 6.45) is -4.60. The summed E-state index contributed by atoms with van der Waals surface area (Å²) in [5, 5.41) is 10.7. The lowest BCUT2D eigenvalue weighted by Gasteiger charge is -2.27. The first-order valence-corrected chi connectivity index (χ1v) is 9.33. The van der Waals surface area contributed by atoms with Crippen LogP contribution in [0.4, 0.5) is 24.5 Å². The number of benzene rings is 2. The molecule has 0 aliphatic rings. The van der Waals surface area contributed by atoms with E-state index in [0.29, 0.717) is 21.6 Å². The molecule has 1 N–H and O–H groups in total. The third kappa shape index (κ3) is 6.10. The number of anilines is 2. The van der Waals surface area contributed by atoms with E-state index in [1.165, 1.54) is 24.3 Å². The van der Waals surface area contributed by atoms with E-state index in [-0.39, 0.29) is 23.0 Å². The molecule has 0 unspecified atom stereocenters. The molecule has 5 nitrogen and oxygen atoms in total. The van der Waals surface area contributed by atoms with Crippen LogP contribution in [-0.4, -0.2) is 24.3 Å². The number of esters is 1. The summed E-state index contributed by atoms with van der Waals surface area (Å²) in [5.41, 5.74) is -0.772. The molecule has 2 aromatic carbocycles. The van der Waals surface area contributed by atoms with Crippen molar-refractivity contribution < 1.29 is 27.9 Å². The molecule has 0 saturated carbocycles. The average Bonchev–Trinajstić information content (AvgIpc) is 2.61. The molecule has 2 rings (SSSR count). The van der Waals surface area contributed by atoms with Crippen molar-refractivity contribution in [2.75, 3.05) is 21.9 Å². The van der Waals surface area contributed by atoms with Crippen LogP contribution in [-0.2, 0) is 15.7 Å². The van der Waals surface area contributed by atoms with Gasteiger partial charge in [-0.1, -0.05) is 23.2 Å². The largest absolute Gasteiger partial charge is 0.465 e. The lowest BCUT2D eigenvalue weighted by atomic mass is 10.2. The monoisotopic (exact) mass is 454 g/mol. The van der Waals surface area contributed by atoms with E-state index in [4.69, 9.17) is 27.9 Å². The van der Waals surface area contributed by atoms with E-state index in [9.17, 15) is 23.2 Å². The van der Waals surface area contributed by atoms with Gasteiger partial charge in [0.25, 0.3) is 0 Å². The van der Waals surface area contributed by atoms with Crippen LogP contribution in [0.1, 0.15) is 12.5 Å². The molecule has 0 aliphatic heterocycles. The molecule has 0 amide bonds. The number of carbonyl (C=O) groups excluding carboxylic acids is 1. The number of rotatable bonds is 7. The molecule has 0 fully saturated rings. The van der Waals surface area contributed by atoms with E-state index in [2.05, 4.69) is 0 Å². The lowest BCUT2D eigenvalue weighted by molar-refractivity contribution is -0.141. The summed E-state index contributed by atoms with van der Waals surface area (Å²) in [5.74, 6) is -0.701. The first-order chi connectivity index (χ1) is 13.1. The van der Waals surface area contributed by atoms with Crippen molar-refractivity contribution in [2.24, 2.45) is 0 Å². The van der Waals surface area contributed by atoms with Gasteiger partial charge in [0, 0.05) is 5.02 Å². The quantitative estimate of drug-likeness (QED) is 0.322. The summed E-state index contributed by atoms with van der Waals surface area (Å²) in [4.78, 5) is 11.9. The minimum absolute atomic E-state index is 0.0331. The molecule has 152 valence electrons. The second-order valence-electron chi connectivity index (χ2n) is 5.34. The molecule has 28 heavy (non-hydrogen) atoms. The zero-order valence-electron chi connectivity index (χ0n) is 14.4. The lowest BCUT2D eigenvalue weighted by Crippen LogP contribution is -2.30. The number of hydrogen-bond acceptors (Lipinski definition) is 6. The van der Waals surface area contributed by atoms with Crippen LogP contribution >= 0.6 is 35.3 Å². The fourth-order valence-corrected chi connectivity index (χ4v) is 3.27. The molecule has 2 aromatic rings. The Morgan fingerprint density at radius 1 is 1.18 bits per heavy atom. The fourth-order valence-electron chi connectivity index (χ4n) is 2.07. The molecule has 11 heteroatoms. The third-order valence-electron chi connectivity index (χ3n) is 3.34. The van der Waals surface area contributed by atoms with Crippen molar-refractivity contribution in [3.8, 4) is 0 Å². The van der Waals surface area contributed by atoms with Gasteiger partial charge in [0.2, 0.25) is 0 Å². The molecule has 0 heterocycles. The van der Waals surface area contributed by atoms with Crippen LogP contribution in [0.2, 0.25) is 10.0 Å². The Hall–Kier alpha value is -1.81. The fraction of sp³-hybridized carbons (Fsp3) is 0.235. The highest BCUT2D eigenvalue weighted by molar-refractivity contribution is 8.01. The molecular weight excluding hydrogens is 440 g/mol. The first-order valence-electron chi connectivity index (χ1n) is 7.84. The third-order valence-corrected chi connectivity index (χ3v) is 4.80. The van der Waals surface area contributed by atoms with Gasteiger partial charge in [-0.3, -0.25) is 14.3 Å². The van der Waals surface area contributed by atoms with E-state index in [1.54, 1.807) is 6.92 Å². The highest BCUT2D eigenvalue weighted by atomic mass is 35.5. The number of nitrogens with zero attached hydrogens (tertiary/aromatic N) is 2. The predicted molar refractivity (Wildman–Crippen MR) is 104 cm³/mol. The van der Waals surface area contributed by atoms with Gasteiger partial charge in [0.1, 0.15) is 6.54 Å². The highest BCUT2D eigenvalue weighted by Crippen LogP contribution is 2.38. The highest BCUT2D eigenvalue weighted by Gasteiger charge is 2.32. The molecule has 0 aliphatic carbocycles. The minimum atomic E-state index is -4.60. The SMILES string of the molecule is CCOC(=O)CN(SN(O)c1ccc(Cl)cc1)c1cc(C(F)(F)F)ccc1Cl. The van der Waals surface area contributed by atoms with Crippen molar-refractivity contribution in [3.05, 3.63) is 58.1 Å². The topological polar surface area (TPSA) is 53.0 Å². The van der Waals surface area contributed by atoms with Crippen molar-refractivity contribution >= 4 is 52.7 Å². The van der Waals surface area contributed by atoms with Gasteiger partial charge in [-0.25, -0.2) is 0 Å². The molecule has 0 saturated heterocycles. The van der Waals surface area contributed by atoms with Crippen molar-refractivity contribution in [1.29, 1.82) is 0 Å². The number of carbonyl (C=O) groups is 1. The Morgan fingerprint density at radius 2 is 1.82 bits per heavy atom. The molecule has 0 radical (unpaired) electrons. The second-order valence-corrected chi connectivity index (χ2v) is 7.13. The summed E-state index contributed by atoms with van der Waals surface area (Å²) in [6, 6.07) is 8.72. The zero-order valence-corrected chi connectivity index (χ0v) is 16.7. The van der Waals surface area contributed by atoms with E-state index >= 15 is 0 Å². The molecule has 0 bridgehead atoms. The van der Waals surface area contributed by atoms with Crippen molar-refractivity contribution in [2.45, 2.75) is 13.1 Å². The first kappa shape index (κ1) is 22.5. The standard InChI is InChI=1S/C17H15Cl2F3N2O3S/c1-2-27-16(25)10-23(28-24(26)13-6-4-12(18)5-7-13)15-9-11(17(20,21)22)3-8-14(15)19/h3-9,26H,2,10H2,1H3. The van der Waals surface area contributed by atoms with Crippen LogP contribution in [0.5, 0.6) is 0 Å². The maximum absolute atomic E-state index is 13.1. The number of halogens is 5. The average molecular weight is 455 g/mol. The summed E-state index contributed by atoms with van der Waals surface area (Å²) < 4.78 is 45.9. The van der Waals surface area contributed by atoms with E-state index < -0.39 is 24.3 Å². The number of hydrogen-bond donors (Lipinski definition) is 1. The van der Waals surface area contributed by atoms with Gasteiger partial charge in [0.15, 0.2) is 0 Å². The van der Waals surface area contributed by atoms with Gasteiger partial charge in [-0.05, 0) is 49.4 Å². The van der Waals surface area contributed by atoms with Gasteiger partial charge in [0.05, 0.1) is 40.7 Å². The van der Waals surface area contributed by atoms with E-state index in [1.807, 2.05) is 0 Å². The predicted octanol–water partition coefficient (Wildman–Crippen LogP) is 5.84. The van der Waals surface area contributed by atoms with Gasteiger partial charge in [-0.2, -0.15) is 17.6 Å². The van der Waals surface area contributed by atoms with Crippen LogP contribution in [0.15, 0.2) is 42.5 Å². The van der Waals surface area contributed by atoms with Crippen molar-refractivity contribution in [1.82, 2.24) is 0 Å². The van der Waals surface area contributed by atoms with Gasteiger partial charge < -0.3 is 4.74 Å². The summed E-state index contributed by atoms with van der Waals surface area (Å²) >= 11 is 12.4. The Balaban J connectivity index is 2.36. The van der Waals surface area contributed by atoms with E-state index in [0.717, 1.165) is 22.5 Å². The molecule has 0 aromatic heterocycles. The number of alkyl halides is 3. The number of ether oxygens (including phenoxy) is 1. The van der Waals surface area contributed by atoms with Crippen LogP contribution in [0.3, 0.4) is 0 Å². The Morgan fingerprint density at radius 3 is 2.39 bits per heavy atom. The Kier molecular flexibility index (Phi) is 7.70. The molecular formula is C17H15Cl2F3N2O3S. The van der Waals surface area contributed by atoms with Crippen LogP contribution < -0.4 is 8.77 Å². The molecule has 0 atom stereocenters. The Labute approximate surface area is 173 Å². The van der Waals surface area contributed by atoms with Gasteiger partial charge >= 0.3 is 12.1 Å². The zero-order chi connectivity index (χ0) is 20.9. The smallest absolute Gasteiger partial charge is 0.416 e. The second kappa shape index (κ2) is 9.60. The Bertz CT molecular complexity index is 822. The van der Waals surface area contributed by atoms with Crippen molar-refractivity contribution in [3.63, 3.8) is 0 Å². The normalized spacial score (nSPS) is 11.2. The van der Waals surface area contributed by atoms with Crippen LogP contribution in [0.25, 0.3) is 0 Å². The summed E-state index contributed by atoms with van der Waals surface area (Å²) in [6.45, 7) is 1.23.